The first-order valence-corrected chi connectivity index (χ1v) is 7.00. The Bertz CT molecular complexity index is 826. The van der Waals surface area contributed by atoms with E-state index in [0.717, 1.165) is 27.6 Å². The molecule has 0 amide bonds. The molecule has 0 saturated heterocycles. The lowest BCUT2D eigenvalue weighted by molar-refractivity contribution is 0.184. The molecule has 0 radical (unpaired) electrons. The van der Waals surface area contributed by atoms with E-state index < -0.39 is 6.10 Å². The summed E-state index contributed by atoms with van der Waals surface area (Å²) in [4.78, 5) is 0. The SMILES string of the molecule is C#CCC(O)c1ccc2cc(OC)ccc2c1-c1ccco1. The van der Waals surface area contributed by atoms with Crippen molar-refractivity contribution in [2.24, 2.45) is 0 Å². The average Bonchev–Trinajstić information content (AvgIpc) is 3.07. The van der Waals surface area contributed by atoms with Gasteiger partial charge in [-0.25, -0.2) is 0 Å². The van der Waals surface area contributed by atoms with E-state index in [9.17, 15) is 5.11 Å². The van der Waals surface area contributed by atoms with Gasteiger partial charge in [-0.15, -0.1) is 12.3 Å². The van der Waals surface area contributed by atoms with Gasteiger partial charge in [-0.05, 0) is 46.7 Å². The first-order chi connectivity index (χ1) is 10.7. The van der Waals surface area contributed by atoms with Gasteiger partial charge in [0.05, 0.1) is 19.5 Å². The summed E-state index contributed by atoms with van der Waals surface area (Å²) in [6, 6.07) is 13.4. The van der Waals surface area contributed by atoms with Crippen molar-refractivity contribution in [3.8, 4) is 29.4 Å². The second-order valence-electron chi connectivity index (χ2n) is 5.02. The minimum absolute atomic E-state index is 0.259. The second-order valence-corrected chi connectivity index (χ2v) is 5.02. The topological polar surface area (TPSA) is 42.6 Å². The Morgan fingerprint density at radius 1 is 1.27 bits per heavy atom. The van der Waals surface area contributed by atoms with Crippen molar-refractivity contribution in [1.29, 1.82) is 0 Å². The summed E-state index contributed by atoms with van der Waals surface area (Å²) in [5.74, 6) is 4.00. The molecule has 1 heterocycles. The Balaban J connectivity index is 2.28. The van der Waals surface area contributed by atoms with Crippen LogP contribution >= 0.6 is 0 Å². The maximum Gasteiger partial charge on any atom is 0.134 e. The number of methoxy groups -OCH3 is 1. The van der Waals surface area contributed by atoms with Crippen LogP contribution in [0.4, 0.5) is 0 Å². The Morgan fingerprint density at radius 3 is 2.82 bits per heavy atom. The molecule has 3 nitrogen and oxygen atoms in total. The predicted molar refractivity (Wildman–Crippen MR) is 86.6 cm³/mol. The van der Waals surface area contributed by atoms with Crippen LogP contribution in [0, 0.1) is 12.3 Å². The number of rotatable bonds is 4. The smallest absolute Gasteiger partial charge is 0.134 e. The van der Waals surface area contributed by atoms with E-state index in [1.165, 1.54) is 0 Å². The highest BCUT2D eigenvalue weighted by Gasteiger charge is 2.18. The zero-order valence-corrected chi connectivity index (χ0v) is 12.2. The highest BCUT2D eigenvalue weighted by Crippen LogP contribution is 2.37. The average molecular weight is 292 g/mol. The van der Waals surface area contributed by atoms with Crippen LogP contribution in [0.1, 0.15) is 18.1 Å². The van der Waals surface area contributed by atoms with E-state index >= 15 is 0 Å². The Kier molecular flexibility index (Phi) is 3.86. The van der Waals surface area contributed by atoms with Crippen molar-refractivity contribution in [3.05, 3.63) is 54.3 Å². The summed E-state index contributed by atoms with van der Waals surface area (Å²) in [5, 5.41) is 12.4. The lowest BCUT2D eigenvalue weighted by Gasteiger charge is -2.15. The molecule has 3 rings (SSSR count). The first-order valence-electron chi connectivity index (χ1n) is 7.00. The van der Waals surface area contributed by atoms with Crippen molar-refractivity contribution >= 4 is 10.8 Å². The van der Waals surface area contributed by atoms with Crippen molar-refractivity contribution < 1.29 is 14.3 Å². The van der Waals surface area contributed by atoms with Crippen LogP contribution in [-0.4, -0.2) is 12.2 Å². The molecule has 0 spiro atoms. The number of terminal acetylenes is 1. The highest BCUT2D eigenvalue weighted by atomic mass is 16.5. The normalized spacial score (nSPS) is 12.0. The number of fused-ring (bicyclic) bond motifs is 1. The predicted octanol–water partition coefficient (Wildman–Crippen LogP) is 4.17. The molecule has 2 aromatic carbocycles. The standard InChI is InChI=1S/C19H16O3/c1-3-5-17(20)16-9-7-13-12-14(21-2)8-10-15(13)19(16)18-6-4-11-22-18/h1,4,6-12,17,20H,5H2,2H3. The third-order valence-corrected chi connectivity index (χ3v) is 3.70. The van der Waals surface area contributed by atoms with Gasteiger partial charge in [-0.3, -0.25) is 0 Å². The molecule has 0 aliphatic carbocycles. The number of aliphatic hydroxyl groups excluding tert-OH is 1. The molecule has 0 aliphatic rings. The van der Waals surface area contributed by atoms with Gasteiger partial charge in [0.2, 0.25) is 0 Å². The highest BCUT2D eigenvalue weighted by molar-refractivity contribution is 5.98. The van der Waals surface area contributed by atoms with Crippen LogP contribution in [0.5, 0.6) is 5.75 Å². The van der Waals surface area contributed by atoms with Gasteiger partial charge in [-0.2, -0.15) is 0 Å². The maximum absolute atomic E-state index is 10.4. The van der Waals surface area contributed by atoms with Gasteiger partial charge in [0.1, 0.15) is 11.5 Å². The van der Waals surface area contributed by atoms with Crippen molar-refractivity contribution in [3.63, 3.8) is 0 Å². The van der Waals surface area contributed by atoms with Gasteiger partial charge in [0.25, 0.3) is 0 Å². The van der Waals surface area contributed by atoms with Gasteiger partial charge >= 0.3 is 0 Å². The molecular weight excluding hydrogens is 276 g/mol. The number of furan rings is 1. The van der Waals surface area contributed by atoms with Crippen LogP contribution in [-0.2, 0) is 0 Å². The Hall–Kier alpha value is -2.70. The molecule has 0 saturated carbocycles. The Labute approximate surface area is 129 Å². The number of hydrogen-bond acceptors (Lipinski definition) is 3. The minimum Gasteiger partial charge on any atom is -0.497 e. The maximum atomic E-state index is 10.4. The van der Waals surface area contributed by atoms with E-state index in [1.807, 2.05) is 42.5 Å². The van der Waals surface area contributed by atoms with Crippen LogP contribution in [0.15, 0.2) is 53.1 Å². The molecule has 1 unspecified atom stereocenters. The third-order valence-electron chi connectivity index (χ3n) is 3.70. The van der Waals surface area contributed by atoms with Gasteiger partial charge in [0, 0.05) is 12.0 Å². The first kappa shape index (κ1) is 14.2. The van der Waals surface area contributed by atoms with Crippen LogP contribution in [0.3, 0.4) is 0 Å². The summed E-state index contributed by atoms with van der Waals surface area (Å²) in [6.45, 7) is 0. The molecule has 1 aromatic heterocycles. The summed E-state index contributed by atoms with van der Waals surface area (Å²) in [5.41, 5.74) is 1.64. The van der Waals surface area contributed by atoms with E-state index in [-0.39, 0.29) is 6.42 Å². The summed E-state index contributed by atoms with van der Waals surface area (Å²) < 4.78 is 10.8. The number of hydrogen-bond donors (Lipinski definition) is 1. The molecule has 0 aliphatic heterocycles. The van der Waals surface area contributed by atoms with Gasteiger partial charge in [-0.1, -0.05) is 12.1 Å². The van der Waals surface area contributed by atoms with E-state index in [4.69, 9.17) is 15.6 Å². The van der Waals surface area contributed by atoms with E-state index in [0.29, 0.717) is 5.76 Å². The minimum atomic E-state index is -0.725. The zero-order chi connectivity index (χ0) is 15.5. The summed E-state index contributed by atoms with van der Waals surface area (Å²) in [6.07, 6.45) is 6.49. The van der Waals surface area contributed by atoms with Crippen LogP contribution in [0.25, 0.3) is 22.1 Å². The fourth-order valence-electron chi connectivity index (χ4n) is 2.65. The summed E-state index contributed by atoms with van der Waals surface area (Å²) in [7, 11) is 1.64. The zero-order valence-electron chi connectivity index (χ0n) is 12.2. The van der Waals surface area contributed by atoms with Gasteiger partial charge in [0.15, 0.2) is 0 Å². The Morgan fingerprint density at radius 2 is 2.14 bits per heavy atom. The molecule has 1 atom stereocenters. The lowest BCUT2D eigenvalue weighted by Crippen LogP contribution is -1.99. The largest absolute Gasteiger partial charge is 0.497 e. The molecule has 22 heavy (non-hydrogen) atoms. The molecule has 0 bridgehead atoms. The van der Waals surface area contributed by atoms with Crippen molar-refractivity contribution in [2.75, 3.05) is 7.11 Å². The van der Waals surface area contributed by atoms with Crippen molar-refractivity contribution in [2.45, 2.75) is 12.5 Å². The lowest BCUT2D eigenvalue weighted by atomic mass is 9.93. The summed E-state index contributed by atoms with van der Waals surface area (Å²) >= 11 is 0. The fraction of sp³-hybridized carbons (Fsp3) is 0.158. The van der Waals surface area contributed by atoms with E-state index in [1.54, 1.807) is 13.4 Å². The van der Waals surface area contributed by atoms with E-state index in [2.05, 4.69) is 5.92 Å². The van der Waals surface area contributed by atoms with Gasteiger partial charge < -0.3 is 14.3 Å². The quantitative estimate of drug-likeness (QED) is 0.734. The van der Waals surface area contributed by atoms with Crippen LogP contribution in [0.2, 0.25) is 0 Å². The monoisotopic (exact) mass is 292 g/mol. The number of aliphatic hydroxyl groups is 1. The molecule has 0 fully saturated rings. The molecule has 110 valence electrons. The molecular formula is C19H16O3. The number of benzene rings is 2. The number of ether oxygens (including phenoxy) is 1. The van der Waals surface area contributed by atoms with Crippen molar-refractivity contribution in [1.82, 2.24) is 0 Å². The second kappa shape index (κ2) is 5.97. The molecule has 3 heteroatoms. The fourth-order valence-corrected chi connectivity index (χ4v) is 2.65. The van der Waals surface area contributed by atoms with Crippen LogP contribution < -0.4 is 4.74 Å². The third kappa shape index (κ3) is 2.45. The molecule has 3 aromatic rings. The molecule has 1 N–H and O–H groups in total.